The van der Waals surface area contributed by atoms with Crippen molar-refractivity contribution >= 4 is 17.3 Å². The first-order chi connectivity index (χ1) is 11.8. The van der Waals surface area contributed by atoms with E-state index in [0.717, 1.165) is 30.0 Å². The van der Waals surface area contributed by atoms with Crippen molar-refractivity contribution in [1.82, 2.24) is 9.55 Å². The normalized spacial score (nSPS) is 16.4. The molecule has 0 N–H and O–H groups in total. The van der Waals surface area contributed by atoms with Crippen LogP contribution in [0.4, 0.5) is 11.4 Å². The lowest BCUT2D eigenvalue weighted by Gasteiger charge is -2.30. The SMILES string of the molecule is O=C(C1CCc2nccn2C1)N(c1ccccc1)c1ccccc1. The molecular formula is C20H19N3O. The van der Waals surface area contributed by atoms with Crippen molar-refractivity contribution in [3.8, 4) is 0 Å². The lowest BCUT2D eigenvalue weighted by molar-refractivity contribution is -0.122. The third kappa shape index (κ3) is 2.71. The van der Waals surface area contributed by atoms with Crippen LogP contribution < -0.4 is 4.90 Å². The number of aryl methyl sites for hydroxylation is 1. The van der Waals surface area contributed by atoms with Crippen molar-refractivity contribution in [2.75, 3.05) is 4.90 Å². The highest BCUT2D eigenvalue weighted by atomic mass is 16.2. The maximum absolute atomic E-state index is 13.3. The molecule has 1 unspecified atom stereocenters. The van der Waals surface area contributed by atoms with E-state index in [1.165, 1.54) is 0 Å². The van der Waals surface area contributed by atoms with Gasteiger partial charge in [0.2, 0.25) is 5.91 Å². The van der Waals surface area contributed by atoms with Crippen molar-refractivity contribution in [2.24, 2.45) is 5.92 Å². The van der Waals surface area contributed by atoms with E-state index in [4.69, 9.17) is 0 Å². The van der Waals surface area contributed by atoms with Crippen LogP contribution in [0.3, 0.4) is 0 Å². The fourth-order valence-electron chi connectivity index (χ4n) is 3.31. The van der Waals surface area contributed by atoms with E-state index in [-0.39, 0.29) is 11.8 Å². The number of hydrogen-bond donors (Lipinski definition) is 0. The first-order valence-electron chi connectivity index (χ1n) is 8.27. The third-order valence-electron chi connectivity index (χ3n) is 4.53. The Kier molecular flexibility index (Phi) is 3.87. The lowest BCUT2D eigenvalue weighted by atomic mass is 9.97. The molecule has 0 fully saturated rings. The number of fused-ring (bicyclic) bond motifs is 1. The second-order valence-corrected chi connectivity index (χ2v) is 6.08. The van der Waals surface area contributed by atoms with Crippen molar-refractivity contribution in [3.63, 3.8) is 0 Å². The van der Waals surface area contributed by atoms with E-state index in [1.54, 1.807) is 0 Å². The lowest BCUT2D eigenvalue weighted by Crippen LogP contribution is -2.37. The third-order valence-corrected chi connectivity index (χ3v) is 4.53. The number of rotatable bonds is 3. The van der Waals surface area contributed by atoms with Gasteiger partial charge in [-0.25, -0.2) is 4.98 Å². The minimum absolute atomic E-state index is 0.0351. The van der Waals surface area contributed by atoms with Crippen LogP contribution in [-0.4, -0.2) is 15.5 Å². The van der Waals surface area contributed by atoms with Crippen LogP contribution in [0.1, 0.15) is 12.2 Å². The van der Waals surface area contributed by atoms with E-state index < -0.39 is 0 Å². The number of carbonyl (C=O) groups is 1. The Labute approximate surface area is 141 Å². The number of benzene rings is 2. The molecule has 4 heteroatoms. The standard InChI is InChI=1S/C20H19N3O/c24-20(16-11-12-19-21-13-14-22(19)15-16)23(17-7-3-1-4-8-17)18-9-5-2-6-10-18/h1-10,13-14,16H,11-12,15H2. The predicted octanol–water partition coefficient (Wildman–Crippen LogP) is 3.81. The number of hydrogen-bond acceptors (Lipinski definition) is 2. The number of para-hydroxylation sites is 2. The molecule has 3 aromatic rings. The summed E-state index contributed by atoms with van der Waals surface area (Å²) < 4.78 is 2.10. The molecule has 120 valence electrons. The largest absolute Gasteiger partial charge is 0.334 e. The molecule has 1 aliphatic heterocycles. The van der Waals surface area contributed by atoms with Crippen LogP contribution in [0.15, 0.2) is 73.1 Å². The number of imidazole rings is 1. The minimum Gasteiger partial charge on any atom is -0.334 e. The Bertz CT molecular complexity index is 787. The molecule has 0 spiro atoms. The molecule has 4 rings (SSSR count). The van der Waals surface area contributed by atoms with E-state index >= 15 is 0 Å². The topological polar surface area (TPSA) is 38.1 Å². The Morgan fingerprint density at radius 2 is 1.62 bits per heavy atom. The molecular weight excluding hydrogens is 298 g/mol. The zero-order valence-corrected chi connectivity index (χ0v) is 13.4. The zero-order valence-electron chi connectivity index (χ0n) is 13.4. The molecule has 0 saturated carbocycles. The average Bonchev–Trinajstić information content (AvgIpc) is 3.11. The molecule has 24 heavy (non-hydrogen) atoms. The summed E-state index contributed by atoms with van der Waals surface area (Å²) >= 11 is 0. The van der Waals surface area contributed by atoms with Gasteiger partial charge in [0.05, 0.1) is 5.92 Å². The van der Waals surface area contributed by atoms with Gasteiger partial charge in [0, 0.05) is 36.7 Å². The second kappa shape index (κ2) is 6.32. The number of carbonyl (C=O) groups excluding carboxylic acids is 1. The second-order valence-electron chi connectivity index (χ2n) is 6.08. The Balaban J connectivity index is 1.68. The van der Waals surface area contributed by atoms with Gasteiger partial charge in [-0.2, -0.15) is 0 Å². The maximum Gasteiger partial charge on any atom is 0.236 e. The Hall–Kier alpha value is -2.88. The quantitative estimate of drug-likeness (QED) is 0.737. The van der Waals surface area contributed by atoms with Crippen molar-refractivity contribution < 1.29 is 4.79 Å². The highest BCUT2D eigenvalue weighted by Crippen LogP contribution is 2.30. The van der Waals surface area contributed by atoms with Crippen molar-refractivity contribution in [2.45, 2.75) is 19.4 Å². The van der Waals surface area contributed by atoms with Crippen LogP contribution in [-0.2, 0) is 17.8 Å². The minimum atomic E-state index is -0.0351. The first kappa shape index (κ1) is 14.7. The van der Waals surface area contributed by atoms with Crippen LogP contribution in [0.2, 0.25) is 0 Å². The Morgan fingerprint density at radius 1 is 1.00 bits per heavy atom. The molecule has 2 aromatic carbocycles. The van der Waals surface area contributed by atoms with Crippen molar-refractivity contribution in [1.29, 1.82) is 0 Å². The van der Waals surface area contributed by atoms with Gasteiger partial charge in [-0.1, -0.05) is 36.4 Å². The van der Waals surface area contributed by atoms with Gasteiger partial charge in [0.1, 0.15) is 5.82 Å². The fourth-order valence-corrected chi connectivity index (χ4v) is 3.31. The first-order valence-corrected chi connectivity index (χ1v) is 8.27. The summed E-state index contributed by atoms with van der Waals surface area (Å²) in [5.74, 6) is 1.18. The summed E-state index contributed by atoms with van der Waals surface area (Å²) in [7, 11) is 0. The smallest absolute Gasteiger partial charge is 0.236 e. The van der Waals surface area contributed by atoms with Crippen LogP contribution in [0.5, 0.6) is 0 Å². The van der Waals surface area contributed by atoms with Gasteiger partial charge in [-0.15, -0.1) is 0 Å². The molecule has 1 aromatic heterocycles. The van der Waals surface area contributed by atoms with E-state index in [9.17, 15) is 4.79 Å². The number of amides is 1. The fraction of sp³-hybridized carbons (Fsp3) is 0.200. The summed E-state index contributed by atoms with van der Waals surface area (Å²) in [4.78, 5) is 19.5. The highest BCUT2D eigenvalue weighted by molar-refractivity contribution is 6.01. The maximum atomic E-state index is 13.3. The number of nitrogens with zero attached hydrogens (tertiary/aromatic N) is 3. The van der Waals surface area contributed by atoms with Gasteiger partial charge in [-0.05, 0) is 30.7 Å². The molecule has 1 atom stereocenters. The average molecular weight is 317 g/mol. The molecule has 4 nitrogen and oxygen atoms in total. The molecule has 2 heterocycles. The zero-order chi connectivity index (χ0) is 16.4. The molecule has 0 saturated heterocycles. The molecule has 0 bridgehead atoms. The molecule has 0 aliphatic carbocycles. The van der Waals surface area contributed by atoms with E-state index in [1.807, 2.05) is 78.0 Å². The summed E-state index contributed by atoms with van der Waals surface area (Å²) in [6, 6.07) is 19.7. The van der Waals surface area contributed by atoms with Gasteiger partial charge < -0.3 is 4.57 Å². The molecule has 0 radical (unpaired) electrons. The molecule has 1 amide bonds. The summed E-state index contributed by atoms with van der Waals surface area (Å²) in [5.41, 5.74) is 1.82. The van der Waals surface area contributed by atoms with Gasteiger partial charge in [-0.3, -0.25) is 9.69 Å². The molecule has 1 aliphatic rings. The van der Waals surface area contributed by atoms with E-state index in [2.05, 4.69) is 9.55 Å². The number of anilines is 2. The van der Waals surface area contributed by atoms with Crippen LogP contribution in [0, 0.1) is 5.92 Å². The van der Waals surface area contributed by atoms with Crippen LogP contribution in [0.25, 0.3) is 0 Å². The summed E-state index contributed by atoms with van der Waals surface area (Å²) in [6.07, 6.45) is 5.46. The monoisotopic (exact) mass is 317 g/mol. The Morgan fingerprint density at radius 3 is 2.25 bits per heavy atom. The van der Waals surface area contributed by atoms with E-state index in [0.29, 0.717) is 6.54 Å². The summed E-state index contributed by atoms with van der Waals surface area (Å²) in [6.45, 7) is 0.699. The highest BCUT2D eigenvalue weighted by Gasteiger charge is 2.30. The number of aromatic nitrogens is 2. The van der Waals surface area contributed by atoms with Crippen molar-refractivity contribution in [3.05, 3.63) is 78.9 Å². The van der Waals surface area contributed by atoms with Gasteiger partial charge in [0.25, 0.3) is 0 Å². The predicted molar refractivity (Wildman–Crippen MR) is 94.1 cm³/mol. The van der Waals surface area contributed by atoms with Gasteiger partial charge in [0.15, 0.2) is 0 Å². The summed E-state index contributed by atoms with van der Waals surface area (Å²) in [5, 5.41) is 0. The van der Waals surface area contributed by atoms with Gasteiger partial charge >= 0.3 is 0 Å². The van der Waals surface area contributed by atoms with Crippen LogP contribution >= 0.6 is 0 Å².